The van der Waals surface area contributed by atoms with Gasteiger partial charge in [-0.15, -0.1) is 0 Å². The van der Waals surface area contributed by atoms with Gasteiger partial charge in [0.2, 0.25) is 5.91 Å². The van der Waals surface area contributed by atoms with E-state index in [1.807, 2.05) is 11.0 Å². The fraction of sp³-hybridized carbons (Fsp3) is 0.571. The van der Waals surface area contributed by atoms with Gasteiger partial charge in [-0.05, 0) is 55.5 Å². The zero-order valence-corrected chi connectivity index (χ0v) is 22.9. The van der Waals surface area contributed by atoms with Crippen molar-refractivity contribution in [2.75, 3.05) is 19.6 Å². The second kappa shape index (κ2) is 14.3. The molecule has 0 radical (unpaired) electrons. The summed E-state index contributed by atoms with van der Waals surface area (Å²) in [7, 11) is 0. The maximum absolute atomic E-state index is 13.5. The number of halogens is 1. The van der Waals surface area contributed by atoms with Crippen LogP contribution in [-0.2, 0) is 17.9 Å². The van der Waals surface area contributed by atoms with E-state index in [9.17, 15) is 9.59 Å². The summed E-state index contributed by atoms with van der Waals surface area (Å²) in [5.74, 6) is 0.0158. The quantitative estimate of drug-likeness (QED) is 0.346. The highest BCUT2D eigenvalue weighted by Gasteiger charge is 2.24. The summed E-state index contributed by atoms with van der Waals surface area (Å²) in [6, 6.07) is 12.6. The van der Waals surface area contributed by atoms with Crippen LogP contribution in [0.25, 0.3) is 0 Å². The molecule has 1 aliphatic rings. The summed E-state index contributed by atoms with van der Waals surface area (Å²) in [6.45, 7) is 6.91. The molecule has 192 valence electrons. The second-order valence-electron chi connectivity index (χ2n) is 9.63. The first-order chi connectivity index (χ1) is 17.0. The van der Waals surface area contributed by atoms with Gasteiger partial charge in [-0.3, -0.25) is 4.79 Å². The zero-order chi connectivity index (χ0) is 25.0. The van der Waals surface area contributed by atoms with Crippen LogP contribution in [0.15, 0.2) is 47.1 Å². The van der Waals surface area contributed by atoms with E-state index in [1.54, 1.807) is 4.90 Å². The predicted octanol–water partition coefficient (Wildman–Crippen LogP) is 6.18. The average molecular weight is 546 g/mol. The first-order valence-corrected chi connectivity index (χ1v) is 14.0. The molecule has 2 aromatic rings. The van der Waals surface area contributed by atoms with Gasteiger partial charge < -0.3 is 19.7 Å². The van der Waals surface area contributed by atoms with Crippen LogP contribution in [0.3, 0.4) is 0 Å². The molecule has 0 atom stereocenters. The number of carbonyl (C=O) groups excluding carboxylic acids is 2. The first kappa shape index (κ1) is 27.3. The van der Waals surface area contributed by atoms with Gasteiger partial charge >= 0.3 is 6.03 Å². The van der Waals surface area contributed by atoms with Crippen molar-refractivity contribution >= 4 is 27.9 Å². The molecule has 1 aliphatic carbocycles. The number of hydrogen-bond donors (Lipinski definition) is 1. The van der Waals surface area contributed by atoms with E-state index in [2.05, 4.69) is 76.2 Å². The van der Waals surface area contributed by atoms with Crippen LogP contribution in [0, 0.1) is 0 Å². The minimum atomic E-state index is -0.0962. The zero-order valence-electron chi connectivity index (χ0n) is 21.3. The van der Waals surface area contributed by atoms with Crippen molar-refractivity contribution in [1.82, 2.24) is 19.7 Å². The summed E-state index contributed by atoms with van der Waals surface area (Å²) < 4.78 is 3.27. The van der Waals surface area contributed by atoms with Crippen LogP contribution in [0.2, 0.25) is 0 Å². The van der Waals surface area contributed by atoms with Gasteiger partial charge in [0.25, 0.3) is 0 Å². The summed E-state index contributed by atoms with van der Waals surface area (Å²) >= 11 is 3.50. The lowest BCUT2D eigenvalue weighted by atomic mass is 9.96. The Morgan fingerprint density at radius 2 is 1.74 bits per heavy atom. The van der Waals surface area contributed by atoms with Gasteiger partial charge in [-0.1, -0.05) is 67.6 Å². The van der Waals surface area contributed by atoms with Gasteiger partial charge in [-0.2, -0.15) is 0 Å². The van der Waals surface area contributed by atoms with Gasteiger partial charge in [0, 0.05) is 42.0 Å². The van der Waals surface area contributed by atoms with Gasteiger partial charge in [0.05, 0.1) is 6.54 Å². The predicted molar refractivity (Wildman–Crippen MR) is 145 cm³/mol. The standard InChI is InChI=1S/C28H41BrN4O2/c1-3-5-18-32(21-26-12-9-19-31(26)20-23-13-15-24(29)16-14-23)27(34)22-33(17-4-2)28(35)30-25-10-7-6-8-11-25/h9,12-16,19,25H,3-8,10-11,17-18,20-22H2,1-2H3,(H,30,35). The van der Waals surface area contributed by atoms with Crippen molar-refractivity contribution < 1.29 is 9.59 Å². The van der Waals surface area contributed by atoms with E-state index < -0.39 is 0 Å². The van der Waals surface area contributed by atoms with E-state index in [-0.39, 0.29) is 24.5 Å². The van der Waals surface area contributed by atoms with E-state index in [0.717, 1.165) is 48.8 Å². The number of carbonyl (C=O) groups is 2. The molecule has 6 nitrogen and oxygen atoms in total. The van der Waals surface area contributed by atoms with E-state index in [4.69, 9.17) is 0 Å². The Bertz CT molecular complexity index is 921. The van der Waals surface area contributed by atoms with Crippen molar-refractivity contribution in [2.24, 2.45) is 0 Å². The monoisotopic (exact) mass is 544 g/mol. The molecule has 1 N–H and O–H groups in total. The van der Waals surface area contributed by atoms with E-state index in [0.29, 0.717) is 19.6 Å². The number of aromatic nitrogens is 1. The molecule has 0 unspecified atom stereocenters. The largest absolute Gasteiger partial charge is 0.345 e. The molecule has 1 heterocycles. The summed E-state index contributed by atoms with van der Waals surface area (Å²) in [4.78, 5) is 30.1. The number of nitrogens with zero attached hydrogens (tertiary/aromatic N) is 3. The second-order valence-corrected chi connectivity index (χ2v) is 10.5. The Hall–Kier alpha value is -2.28. The third-order valence-electron chi connectivity index (χ3n) is 6.72. The van der Waals surface area contributed by atoms with Crippen LogP contribution in [0.4, 0.5) is 4.79 Å². The molecular weight excluding hydrogens is 504 g/mol. The van der Waals surface area contributed by atoms with Crippen LogP contribution < -0.4 is 5.32 Å². The molecule has 3 rings (SSSR count). The fourth-order valence-corrected chi connectivity index (χ4v) is 4.93. The average Bonchev–Trinajstić information content (AvgIpc) is 3.29. The Morgan fingerprint density at radius 3 is 2.43 bits per heavy atom. The Balaban J connectivity index is 1.66. The number of nitrogens with one attached hydrogen (secondary N) is 1. The number of urea groups is 1. The number of unbranched alkanes of at least 4 members (excludes halogenated alkanes) is 1. The van der Waals surface area contributed by atoms with Crippen molar-refractivity contribution in [3.63, 3.8) is 0 Å². The lowest BCUT2D eigenvalue weighted by Gasteiger charge is -2.30. The maximum Gasteiger partial charge on any atom is 0.318 e. The highest BCUT2D eigenvalue weighted by molar-refractivity contribution is 9.10. The SMILES string of the molecule is CCCCN(Cc1cccn1Cc1ccc(Br)cc1)C(=O)CN(CCC)C(=O)NC1CCCCC1. The third-order valence-corrected chi connectivity index (χ3v) is 7.25. The Kier molecular flexibility index (Phi) is 11.2. The number of hydrogen-bond acceptors (Lipinski definition) is 2. The fourth-order valence-electron chi connectivity index (χ4n) is 4.67. The molecule has 0 aliphatic heterocycles. The summed E-state index contributed by atoms with van der Waals surface area (Å²) in [6.07, 6.45) is 10.5. The smallest absolute Gasteiger partial charge is 0.318 e. The number of rotatable bonds is 12. The highest BCUT2D eigenvalue weighted by Crippen LogP contribution is 2.18. The topological polar surface area (TPSA) is 57.6 Å². The Morgan fingerprint density at radius 1 is 1.00 bits per heavy atom. The molecule has 1 saturated carbocycles. The van der Waals surface area contributed by atoms with Crippen molar-refractivity contribution in [1.29, 1.82) is 0 Å². The molecule has 1 fully saturated rings. The van der Waals surface area contributed by atoms with Crippen molar-refractivity contribution in [3.8, 4) is 0 Å². The summed E-state index contributed by atoms with van der Waals surface area (Å²) in [5, 5.41) is 3.19. The number of benzene rings is 1. The minimum absolute atomic E-state index is 0.0158. The third kappa shape index (κ3) is 8.71. The lowest BCUT2D eigenvalue weighted by molar-refractivity contribution is -0.132. The van der Waals surface area contributed by atoms with Crippen LogP contribution in [0.1, 0.15) is 76.5 Å². The first-order valence-electron chi connectivity index (χ1n) is 13.2. The molecule has 3 amide bonds. The van der Waals surface area contributed by atoms with Gasteiger partial charge in [0.1, 0.15) is 6.54 Å². The van der Waals surface area contributed by atoms with E-state index >= 15 is 0 Å². The lowest BCUT2D eigenvalue weighted by Crippen LogP contribution is -2.50. The molecule has 7 heteroatoms. The molecular formula is C28H41BrN4O2. The van der Waals surface area contributed by atoms with Crippen molar-refractivity contribution in [3.05, 3.63) is 58.3 Å². The molecule has 0 bridgehead atoms. The summed E-state index contributed by atoms with van der Waals surface area (Å²) in [5.41, 5.74) is 2.32. The minimum Gasteiger partial charge on any atom is -0.345 e. The van der Waals surface area contributed by atoms with Crippen LogP contribution >= 0.6 is 15.9 Å². The molecule has 1 aromatic heterocycles. The number of amides is 3. The van der Waals surface area contributed by atoms with Gasteiger partial charge in [0.15, 0.2) is 0 Å². The van der Waals surface area contributed by atoms with Crippen molar-refractivity contribution in [2.45, 2.75) is 84.3 Å². The van der Waals surface area contributed by atoms with Crippen LogP contribution in [0.5, 0.6) is 0 Å². The molecule has 0 saturated heterocycles. The molecule has 1 aromatic carbocycles. The van der Waals surface area contributed by atoms with Gasteiger partial charge in [-0.25, -0.2) is 4.79 Å². The normalized spacial score (nSPS) is 14.0. The molecule has 0 spiro atoms. The molecule has 35 heavy (non-hydrogen) atoms. The van der Waals surface area contributed by atoms with Crippen LogP contribution in [-0.4, -0.2) is 52.0 Å². The maximum atomic E-state index is 13.5. The van der Waals surface area contributed by atoms with E-state index in [1.165, 1.54) is 24.8 Å². The highest BCUT2D eigenvalue weighted by atomic mass is 79.9. The Labute approximate surface area is 219 Å².